The van der Waals surface area contributed by atoms with Gasteiger partial charge in [0.05, 0.1) is 0 Å². The largest absolute Gasteiger partial charge is 0.330 e. The van der Waals surface area contributed by atoms with Gasteiger partial charge in [-0.15, -0.1) is 0 Å². The van der Waals surface area contributed by atoms with Gasteiger partial charge in [-0.3, -0.25) is 0 Å². The molecule has 0 spiro atoms. The summed E-state index contributed by atoms with van der Waals surface area (Å²) in [5.41, 5.74) is 20.7. The summed E-state index contributed by atoms with van der Waals surface area (Å²) in [5, 5.41) is 0. The van der Waals surface area contributed by atoms with E-state index in [1.807, 2.05) is 13.8 Å². The van der Waals surface area contributed by atoms with E-state index in [-0.39, 0.29) is 12.1 Å². The summed E-state index contributed by atoms with van der Waals surface area (Å²) in [6.45, 7) is 5.22. The molecule has 4 nitrogen and oxygen atoms in total. The number of rotatable bonds is 3. The van der Waals surface area contributed by atoms with Crippen molar-refractivity contribution < 1.29 is 0 Å². The predicted molar refractivity (Wildman–Crippen MR) is 50.0 cm³/mol. The van der Waals surface area contributed by atoms with Crippen LogP contribution >= 0.6 is 0 Å². The Hall–Kier alpha value is -0.160. The Morgan fingerprint density at radius 3 is 1.18 bits per heavy atom. The van der Waals surface area contributed by atoms with E-state index in [2.05, 4.69) is 0 Å². The second kappa shape index (κ2) is 9.84. The third-order valence-corrected chi connectivity index (χ3v) is 1.24. The molecular weight excluding hydrogens is 140 g/mol. The maximum Gasteiger partial charge on any atom is 0.0160 e. The number of nitrogens with two attached hydrogens (primary N) is 4. The molecular formula is C7H22N4. The first-order chi connectivity index (χ1) is 5.06. The lowest BCUT2D eigenvalue weighted by Crippen LogP contribution is -2.35. The molecule has 2 atom stereocenters. The topological polar surface area (TPSA) is 104 Å². The van der Waals surface area contributed by atoms with Gasteiger partial charge in [0, 0.05) is 12.1 Å². The molecule has 0 amide bonds. The Balaban J connectivity index is 0. The average molecular weight is 162 g/mol. The van der Waals surface area contributed by atoms with Crippen LogP contribution in [0.1, 0.15) is 20.3 Å². The van der Waals surface area contributed by atoms with Crippen LogP contribution in [0.4, 0.5) is 0 Å². The molecule has 2 unspecified atom stereocenters. The van der Waals surface area contributed by atoms with Crippen molar-refractivity contribution in [1.82, 2.24) is 0 Å². The van der Waals surface area contributed by atoms with Crippen LogP contribution in [0.3, 0.4) is 0 Å². The molecule has 0 aliphatic heterocycles. The highest BCUT2D eigenvalue weighted by molar-refractivity contribution is 4.63. The van der Waals surface area contributed by atoms with E-state index in [4.69, 9.17) is 22.9 Å². The summed E-state index contributed by atoms with van der Waals surface area (Å²) >= 11 is 0. The molecule has 0 saturated heterocycles. The molecule has 0 heterocycles. The summed E-state index contributed by atoms with van der Waals surface area (Å²) < 4.78 is 0. The molecule has 0 aromatic heterocycles. The zero-order valence-corrected chi connectivity index (χ0v) is 7.59. The summed E-state index contributed by atoms with van der Waals surface area (Å²) in [7, 11) is 0. The zero-order valence-electron chi connectivity index (χ0n) is 7.59. The van der Waals surface area contributed by atoms with Crippen molar-refractivity contribution in [3.05, 3.63) is 0 Å². The first-order valence-electron chi connectivity index (χ1n) is 3.97. The minimum Gasteiger partial charge on any atom is -0.330 e. The zero-order chi connectivity index (χ0) is 9.28. The summed E-state index contributed by atoms with van der Waals surface area (Å²) in [6, 6.07) is 0.259. The second-order valence-corrected chi connectivity index (χ2v) is 2.65. The van der Waals surface area contributed by atoms with Gasteiger partial charge < -0.3 is 22.9 Å². The van der Waals surface area contributed by atoms with Gasteiger partial charge in [-0.05, 0) is 33.4 Å². The Kier molecular flexibility index (Phi) is 12.0. The Labute approximate surface area is 69.3 Å². The monoisotopic (exact) mass is 162 g/mol. The Bertz CT molecular complexity index is 55.5. The van der Waals surface area contributed by atoms with Crippen LogP contribution in [0.2, 0.25) is 0 Å². The van der Waals surface area contributed by atoms with E-state index in [1.165, 1.54) is 0 Å². The lowest BCUT2D eigenvalue weighted by Gasteiger charge is -2.06. The van der Waals surface area contributed by atoms with Crippen molar-refractivity contribution in [3.8, 4) is 0 Å². The Morgan fingerprint density at radius 2 is 1.18 bits per heavy atom. The minimum atomic E-state index is 0.130. The van der Waals surface area contributed by atoms with Gasteiger partial charge in [-0.1, -0.05) is 0 Å². The molecule has 0 aliphatic rings. The fourth-order valence-corrected chi connectivity index (χ4v) is 0.118. The van der Waals surface area contributed by atoms with Gasteiger partial charge in [0.25, 0.3) is 0 Å². The molecule has 0 aromatic carbocycles. The SMILES string of the molecule is CC(N)C(C)N.NCCCN. The number of hydrogen-bond acceptors (Lipinski definition) is 4. The second-order valence-electron chi connectivity index (χ2n) is 2.65. The average Bonchev–Trinajstić information content (AvgIpc) is 1.90. The van der Waals surface area contributed by atoms with E-state index < -0.39 is 0 Å². The van der Waals surface area contributed by atoms with Gasteiger partial charge in [0.2, 0.25) is 0 Å². The quantitative estimate of drug-likeness (QED) is 0.426. The molecule has 8 N–H and O–H groups in total. The summed E-state index contributed by atoms with van der Waals surface area (Å²) in [4.78, 5) is 0. The smallest absolute Gasteiger partial charge is 0.0160 e. The molecule has 0 saturated carbocycles. The molecule has 11 heavy (non-hydrogen) atoms. The predicted octanol–water partition coefficient (Wildman–Crippen LogP) is -1.03. The normalized spacial score (nSPS) is 14.7. The summed E-state index contributed by atoms with van der Waals surface area (Å²) in [6.07, 6.45) is 0.944. The first kappa shape index (κ1) is 13.4. The van der Waals surface area contributed by atoms with Crippen LogP contribution in [0, 0.1) is 0 Å². The van der Waals surface area contributed by atoms with Gasteiger partial charge in [0.1, 0.15) is 0 Å². The highest BCUT2D eigenvalue weighted by Gasteiger charge is 1.96. The fraction of sp³-hybridized carbons (Fsp3) is 1.00. The summed E-state index contributed by atoms with van der Waals surface area (Å²) in [5.74, 6) is 0. The molecule has 0 rings (SSSR count). The van der Waals surface area contributed by atoms with E-state index in [0.717, 1.165) is 19.5 Å². The van der Waals surface area contributed by atoms with E-state index in [0.29, 0.717) is 0 Å². The maximum atomic E-state index is 5.31. The lowest BCUT2D eigenvalue weighted by atomic mass is 10.2. The van der Waals surface area contributed by atoms with Gasteiger partial charge in [-0.25, -0.2) is 0 Å². The van der Waals surface area contributed by atoms with Crippen LogP contribution in [0.25, 0.3) is 0 Å². The van der Waals surface area contributed by atoms with E-state index in [1.54, 1.807) is 0 Å². The standard InChI is InChI=1S/C4H12N2.C3H10N2/c1-3(5)4(2)6;4-2-1-3-5/h3-4H,5-6H2,1-2H3;1-5H2. The highest BCUT2D eigenvalue weighted by Crippen LogP contribution is 1.77. The van der Waals surface area contributed by atoms with Gasteiger partial charge in [-0.2, -0.15) is 0 Å². The third-order valence-electron chi connectivity index (χ3n) is 1.24. The molecule has 0 aromatic rings. The van der Waals surface area contributed by atoms with Crippen LogP contribution in [-0.4, -0.2) is 25.2 Å². The first-order valence-corrected chi connectivity index (χ1v) is 3.97. The maximum absolute atomic E-state index is 5.31. The van der Waals surface area contributed by atoms with Gasteiger partial charge >= 0.3 is 0 Å². The van der Waals surface area contributed by atoms with Crippen molar-refractivity contribution in [2.24, 2.45) is 22.9 Å². The van der Waals surface area contributed by atoms with Crippen LogP contribution in [-0.2, 0) is 0 Å². The minimum absolute atomic E-state index is 0.130. The van der Waals surface area contributed by atoms with Crippen LogP contribution in [0.15, 0.2) is 0 Å². The van der Waals surface area contributed by atoms with Crippen LogP contribution < -0.4 is 22.9 Å². The molecule has 0 bridgehead atoms. The third kappa shape index (κ3) is 17.7. The van der Waals surface area contributed by atoms with Crippen molar-refractivity contribution in [2.45, 2.75) is 32.4 Å². The molecule has 0 aliphatic carbocycles. The van der Waals surface area contributed by atoms with Crippen molar-refractivity contribution >= 4 is 0 Å². The van der Waals surface area contributed by atoms with Crippen molar-refractivity contribution in [2.75, 3.05) is 13.1 Å². The molecule has 0 radical (unpaired) electrons. The number of hydrogen-bond donors (Lipinski definition) is 4. The van der Waals surface area contributed by atoms with E-state index >= 15 is 0 Å². The van der Waals surface area contributed by atoms with Gasteiger partial charge in [0.15, 0.2) is 0 Å². The van der Waals surface area contributed by atoms with Crippen molar-refractivity contribution in [3.63, 3.8) is 0 Å². The van der Waals surface area contributed by atoms with E-state index in [9.17, 15) is 0 Å². The molecule has 0 fully saturated rings. The Morgan fingerprint density at radius 1 is 0.909 bits per heavy atom. The van der Waals surface area contributed by atoms with Crippen LogP contribution in [0.5, 0.6) is 0 Å². The fourth-order valence-electron chi connectivity index (χ4n) is 0.118. The lowest BCUT2D eigenvalue weighted by molar-refractivity contribution is 0.603. The molecule has 70 valence electrons. The highest BCUT2D eigenvalue weighted by atomic mass is 14.7. The molecule has 4 heteroatoms. The van der Waals surface area contributed by atoms with Crippen molar-refractivity contribution in [1.29, 1.82) is 0 Å².